The molecule has 162 valence electrons. The number of fused-ring (bicyclic) bond motifs is 1. The molecule has 0 saturated heterocycles. The van der Waals surface area contributed by atoms with Crippen LogP contribution < -0.4 is 15.2 Å². The maximum absolute atomic E-state index is 11.2. The number of nitrogens with two attached hydrogens (primary N) is 1. The van der Waals surface area contributed by atoms with E-state index >= 15 is 0 Å². The van der Waals surface area contributed by atoms with Crippen molar-refractivity contribution in [1.82, 2.24) is 4.98 Å². The number of carbonyl (C=O) groups excluding carboxylic acids is 1. The zero-order valence-electron chi connectivity index (χ0n) is 17.8. The number of hydrogen-bond acceptors (Lipinski definition) is 5. The van der Waals surface area contributed by atoms with Gasteiger partial charge in [-0.3, -0.25) is 4.79 Å². The molecule has 0 unspecified atom stereocenters. The van der Waals surface area contributed by atoms with Crippen LogP contribution in [-0.2, 0) is 11.2 Å². The third kappa shape index (κ3) is 4.13. The van der Waals surface area contributed by atoms with Crippen molar-refractivity contribution in [2.45, 2.75) is 6.42 Å². The van der Waals surface area contributed by atoms with Gasteiger partial charge in [0, 0.05) is 17.0 Å². The molecular weight excluding hydrogens is 406 g/mol. The van der Waals surface area contributed by atoms with Crippen LogP contribution in [0, 0.1) is 0 Å². The molecule has 7 nitrogen and oxygen atoms in total. The fraction of sp³-hybridized carbons (Fsp3) is 0.120. The summed E-state index contributed by atoms with van der Waals surface area (Å²) in [4.78, 5) is 19.0. The Morgan fingerprint density at radius 3 is 2.28 bits per heavy atom. The Balaban J connectivity index is 1.90. The molecular formula is C25H23N3O4. The summed E-state index contributed by atoms with van der Waals surface area (Å²) in [5.41, 5.74) is 9.42. The molecule has 0 aliphatic rings. The van der Waals surface area contributed by atoms with Gasteiger partial charge in [0.25, 0.3) is 0 Å². The van der Waals surface area contributed by atoms with Crippen LogP contribution in [0.5, 0.6) is 17.4 Å². The first-order valence-electron chi connectivity index (χ1n) is 9.98. The number of carbonyl (C=O) groups is 1. The third-order valence-corrected chi connectivity index (χ3v) is 5.12. The highest BCUT2D eigenvalue weighted by Crippen LogP contribution is 2.38. The van der Waals surface area contributed by atoms with Crippen molar-refractivity contribution >= 4 is 28.2 Å². The van der Waals surface area contributed by atoms with E-state index in [4.69, 9.17) is 20.2 Å². The number of hydrogen-bond donors (Lipinski definition) is 3. The van der Waals surface area contributed by atoms with Crippen molar-refractivity contribution in [1.29, 1.82) is 0 Å². The first-order chi connectivity index (χ1) is 15.5. The van der Waals surface area contributed by atoms with Gasteiger partial charge in [-0.2, -0.15) is 0 Å². The average molecular weight is 429 g/mol. The molecule has 3 aromatic carbocycles. The number of primary amides is 1. The van der Waals surface area contributed by atoms with Crippen LogP contribution in [0.3, 0.4) is 0 Å². The van der Waals surface area contributed by atoms with Crippen molar-refractivity contribution in [3.05, 3.63) is 83.4 Å². The zero-order chi connectivity index (χ0) is 22.7. The van der Waals surface area contributed by atoms with Gasteiger partial charge in [0.05, 0.1) is 43.1 Å². The first-order valence-corrected chi connectivity index (χ1v) is 9.98. The number of nitrogens with one attached hydrogen (secondary N) is 1. The molecule has 0 saturated carbocycles. The van der Waals surface area contributed by atoms with E-state index in [1.807, 2.05) is 60.7 Å². The molecule has 4 aromatic rings. The topological polar surface area (TPSA) is 110 Å². The van der Waals surface area contributed by atoms with Crippen LogP contribution in [-0.4, -0.2) is 35.9 Å². The fourth-order valence-corrected chi connectivity index (χ4v) is 3.63. The second-order valence-electron chi connectivity index (χ2n) is 7.24. The predicted molar refractivity (Wildman–Crippen MR) is 124 cm³/mol. The van der Waals surface area contributed by atoms with Crippen LogP contribution in [0.4, 0.5) is 5.69 Å². The smallest absolute Gasteiger partial charge is 0.221 e. The lowest BCUT2D eigenvalue weighted by molar-refractivity contribution is -0.117. The highest BCUT2D eigenvalue weighted by molar-refractivity contribution is 6.22. The second kappa shape index (κ2) is 8.85. The van der Waals surface area contributed by atoms with Gasteiger partial charge in [-0.15, -0.1) is 0 Å². The Morgan fingerprint density at radius 2 is 1.66 bits per heavy atom. The quantitative estimate of drug-likeness (QED) is 0.384. The Morgan fingerprint density at radius 1 is 1.00 bits per heavy atom. The minimum absolute atomic E-state index is 0.0109. The van der Waals surface area contributed by atoms with Crippen molar-refractivity contribution < 1.29 is 19.4 Å². The lowest BCUT2D eigenvalue weighted by Crippen LogP contribution is -2.13. The van der Waals surface area contributed by atoms with E-state index in [-0.39, 0.29) is 18.2 Å². The van der Waals surface area contributed by atoms with Crippen molar-refractivity contribution in [3.63, 3.8) is 0 Å². The van der Waals surface area contributed by atoms with Crippen LogP contribution in [0.15, 0.2) is 71.7 Å². The van der Waals surface area contributed by atoms with E-state index in [1.165, 1.54) is 0 Å². The highest BCUT2D eigenvalue weighted by atomic mass is 16.5. The van der Waals surface area contributed by atoms with E-state index < -0.39 is 0 Å². The Labute approximate surface area is 185 Å². The minimum atomic E-state index is -0.390. The van der Waals surface area contributed by atoms with Gasteiger partial charge in [0.1, 0.15) is 0 Å². The first kappa shape index (κ1) is 21.0. The second-order valence-corrected chi connectivity index (χ2v) is 7.24. The number of benzene rings is 3. The van der Waals surface area contributed by atoms with Gasteiger partial charge >= 0.3 is 0 Å². The maximum Gasteiger partial charge on any atom is 0.221 e. The van der Waals surface area contributed by atoms with Gasteiger partial charge < -0.3 is 25.3 Å². The summed E-state index contributed by atoms with van der Waals surface area (Å²) in [5, 5.41) is 11.6. The van der Waals surface area contributed by atoms with Crippen LogP contribution >= 0.6 is 0 Å². The van der Waals surface area contributed by atoms with Gasteiger partial charge in [0.15, 0.2) is 17.4 Å². The maximum atomic E-state index is 11.2. The molecule has 1 aromatic heterocycles. The standard InChI is InChI=1S/C25H23N3O4/c1-31-20-13-18-19(14-21(20)32-2)28-25(30)23(18)24(16-6-4-3-5-7-16)27-17-10-8-15(9-11-17)12-22(26)29/h3-11,13-14,28,30H,12H2,1-2H3,(H2,26,29). The van der Waals surface area contributed by atoms with Gasteiger partial charge in [-0.25, -0.2) is 4.99 Å². The summed E-state index contributed by atoms with van der Waals surface area (Å²) in [6.07, 6.45) is 0.167. The number of H-pyrrole nitrogens is 1. The largest absolute Gasteiger partial charge is 0.494 e. The van der Waals surface area contributed by atoms with E-state index in [1.54, 1.807) is 20.3 Å². The van der Waals surface area contributed by atoms with E-state index in [0.29, 0.717) is 34.0 Å². The number of aliphatic imine (C=N–C) groups is 1. The lowest BCUT2D eigenvalue weighted by Gasteiger charge is -2.10. The predicted octanol–water partition coefficient (Wildman–Crippen LogP) is 4.09. The Kier molecular flexibility index (Phi) is 5.81. The molecule has 1 heterocycles. The zero-order valence-corrected chi connectivity index (χ0v) is 17.8. The number of nitrogens with zero attached hydrogens (tertiary/aromatic N) is 1. The van der Waals surface area contributed by atoms with Crippen molar-refractivity contribution in [2.75, 3.05) is 14.2 Å². The molecule has 32 heavy (non-hydrogen) atoms. The molecule has 1 amide bonds. The van der Waals surface area contributed by atoms with Gasteiger partial charge in [-0.1, -0.05) is 42.5 Å². The fourth-order valence-electron chi connectivity index (χ4n) is 3.63. The Hall–Kier alpha value is -4.26. The number of methoxy groups -OCH3 is 2. The van der Waals surface area contributed by atoms with Crippen molar-refractivity contribution in [2.24, 2.45) is 10.7 Å². The van der Waals surface area contributed by atoms with Gasteiger partial charge in [0.2, 0.25) is 5.91 Å². The van der Waals surface area contributed by atoms with Crippen molar-refractivity contribution in [3.8, 4) is 17.4 Å². The average Bonchev–Trinajstić information content (AvgIpc) is 3.12. The number of rotatable bonds is 7. The lowest BCUT2D eigenvalue weighted by atomic mass is 10.0. The van der Waals surface area contributed by atoms with E-state index in [2.05, 4.69) is 4.98 Å². The molecule has 4 rings (SSSR count). The molecule has 0 radical (unpaired) electrons. The van der Waals surface area contributed by atoms with E-state index in [9.17, 15) is 9.90 Å². The summed E-state index contributed by atoms with van der Waals surface area (Å²) >= 11 is 0. The van der Waals surface area contributed by atoms with Crippen LogP contribution in [0.1, 0.15) is 16.7 Å². The Bertz CT molecular complexity index is 1290. The summed E-state index contributed by atoms with van der Waals surface area (Å²) in [6, 6.07) is 20.5. The van der Waals surface area contributed by atoms with Crippen LogP contribution in [0.25, 0.3) is 10.9 Å². The molecule has 7 heteroatoms. The summed E-state index contributed by atoms with van der Waals surface area (Å²) in [7, 11) is 3.13. The molecule has 4 N–H and O–H groups in total. The summed E-state index contributed by atoms with van der Waals surface area (Å²) in [5.74, 6) is 0.696. The van der Waals surface area contributed by atoms with E-state index in [0.717, 1.165) is 16.5 Å². The molecule has 0 fully saturated rings. The highest BCUT2D eigenvalue weighted by Gasteiger charge is 2.21. The summed E-state index contributed by atoms with van der Waals surface area (Å²) < 4.78 is 10.8. The third-order valence-electron chi connectivity index (χ3n) is 5.12. The molecule has 0 atom stereocenters. The number of aromatic amines is 1. The molecule has 0 bridgehead atoms. The number of aromatic hydroxyl groups is 1. The SMILES string of the molecule is COc1cc2[nH]c(O)c(C(=Nc3ccc(CC(N)=O)cc3)c3ccccc3)c2cc1OC. The number of amides is 1. The number of aromatic nitrogens is 1. The number of ether oxygens (including phenoxy) is 2. The van der Waals surface area contributed by atoms with Crippen LogP contribution in [0.2, 0.25) is 0 Å². The minimum Gasteiger partial charge on any atom is -0.494 e. The monoisotopic (exact) mass is 429 g/mol. The van der Waals surface area contributed by atoms with Gasteiger partial charge in [-0.05, 0) is 23.8 Å². The molecule has 0 aliphatic carbocycles. The molecule has 0 aliphatic heterocycles. The normalized spacial score (nSPS) is 11.5. The molecule has 0 spiro atoms. The summed E-state index contributed by atoms with van der Waals surface area (Å²) in [6.45, 7) is 0.